The second kappa shape index (κ2) is 11.7. The van der Waals surface area contributed by atoms with Gasteiger partial charge in [-0.1, -0.05) is 18.2 Å². The van der Waals surface area contributed by atoms with E-state index in [-0.39, 0.29) is 23.2 Å². The van der Waals surface area contributed by atoms with Crippen molar-refractivity contribution in [1.29, 1.82) is 5.26 Å². The molecule has 0 saturated carbocycles. The number of carbonyl (C=O) groups is 3. The lowest BCUT2D eigenvalue weighted by Crippen LogP contribution is -2.43. The number of hydrogen-bond donors (Lipinski definition) is 0. The minimum absolute atomic E-state index is 0.0170. The third-order valence-electron chi connectivity index (χ3n) is 7.14. The number of benzene rings is 3. The van der Waals surface area contributed by atoms with E-state index in [1.807, 2.05) is 0 Å². The highest BCUT2D eigenvalue weighted by atomic mass is 32.2. The number of nitriles is 1. The molecular formula is C30H25F4N3O6S. The Morgan fingerprint density at radius 2 is 1.64 bits per heavy atom. The summed E-state index contributed by atoms with van der Waals surface area (Å²) >= 11 is 0. The van der Waals surface area contributed by atoms with Gasteiger partial charge in [-0.15, -0.1) is 0 Å². The number of sulfone groups is 1. The molecule has 0 N–H and O–H groups in total. The smallest absolute Gasteiger partial charge is 0.417 e. The average molecular weight is 632 g/mol. The van der Waals surface area contributed by atoms with E-state index in [1.165, 1.54) is 57.4 Å². The van der Waals surface area contributed by atoms with Crippen LogP contribution in [0.5, 0.6) is 0 Å². The summed E-state index contributed by atoms with van der Waals surface area (Å²) in [5.74, 6) is -3.29. The van der Waals surface area contributed by atoms with Crippen LogP contribution in [-0.4, -0.2) is 43.9 Å². The van der Waals surface area contributed by atoms with E-state index in [1.54, 1.807) is 0 Å². The first-order chi connectivity index (χ1) is 20.5. The maximum Gasteiger partial charge on any atom is 0.417 e. The second-order valence-electron chi connectivity index (χ2n) is 10.5. The van der Waals surface area contributed by atoms with Crippen LogP contribution in [0.4, 0.5) is 28.0 Å². The maximum absolute atomic E-state index is 14.3. The maximum atomic E-state index is 14.3. The van der Waals surface area contributed by atoms with Gasteiger partial charge in [0.25, 0.3) is 5.91 Å². The molecule has 1 fully saturated rings. The Morgan fingerprint density at radius 3 is 2.23 bits per heavy atom. The lowest BCUT2D eigenvalue weighted by molar-refractivity contribution is -0.137. The fourth-order valence-electron chi connectivity index (χ4n) is 4.78. The molecule has 0 bridgehead atoms. The summed E-state index contributed by atoms with van der Waals surface area (Å²) in [6, 6.07) is 11.9. The third-order valence-corrected chi connectivity index (χ3v) is 8.67. The average Bonchev–Trinajstić information content (AvgIpc) is 3.11. The van der Waals surface area contributed by atoms with Gasteiger partial charge in [0.1, 0.15) is 11.4 Å². The molecule has 230 valence electrons. The van der Waals surface area contributed by atoms with E-state index in [0.29, 0.717) is 16.5 Å². The molecule has 1 heterocycles. The molecule has 44 heavy (non-hydrogen) atoms. The van der Waals surface area contributed by atoms with Gasteiger partial charge in [0.2, 0.25) is 0 Å². The molecule has 3 amide bonds. The number of anilines is 1. The number of hydrogen-bond acceptors (Lipinski definition) is 7. The number of carbonyl (C=O) groups excluding carboxylic acids is 3. The first kappa shape index (κ1) is 32.2. The fourth-order valence-corrected chi connectivity index (χ4v) is 6.33. The van der Waals surface area contributed by atoms with Crippen molar-refractivity contribution in [2.24, 2.45) is 0 Å². The fraction of sp³-hybridized carbons (Fsp3) is 0.267. The normalized spacial score (nSPS) is 15.0. The number of urea groups is 1. The molecule has 0 atom stereocenters. The van der Waals surface area contributed by atoms with E-state index < -0.39 is 73.6 Å². The van der Waals surface area contributed by atoms with Gasteiger partial charge < -0.3 is 9.64 Å². The van der Waals surface area contributed by atoms with Crippen LogP contribution in [0, 0.1) is 17.1 Å². The zero-order valence-electron chi connectivity index (χ0n) is 23.6. The highest BCUT2D eigenvalue weighted by Crippen LogP contribution is 2.38. The monoisotopic (exact) mass is 631 g/mol. The number of imide groups is 1. The molecule has 0 spiro atoms. The third kappa shape index (κ3) is 6.42. The van der Waals surface area contributed by atoms with Gasteiger partial charge >= 0.3 is 18.2 Å². The van der Waals surface area contributed by atoms with Gasteiger partial charge in [-0.2, -0.15) is 18.4 Å². The summed E-state index contributed by atoms with van der Waals surface area (Å²) in [7, 11) is -2.72. The molecule has 0 aromatic heterocycles. The molecule has 0 aliphatic carbocycles. The quantitative estimate of drug-likeness (QED) is 0.186. The predicted molar refractivity (Wildman–Crippen MR) is 149 cm³/mol. The zero-order chi connectivity index (χ0) is 32.6. The Kier molecular flexibility index (Phi) is 8.57. The van der Waals surface area contributed by atoms with Gasteiger partial charge in [0.15, 0.2) is 9.84 Å². The number of halogens is 4. The minimum atomic E-state index is -4.93. The van der Waals surface area contributed by atoms with Crippen molar-refractivity contribution in [2.45, 2.75) is 43.6 Å². The second-order valence-corrected chi connectivity index (χ2v) is 12.6. The Hall–Kier alpha value is -4.77. The van der Waals surface area contributed by atoms with E-state index >= 15 is 0 Å². The Balaban J connectivity index is 1.63. The minimum Gasteiger partial charge on any atom is -0.465 e. The molecule has 0 unspecified atom stereocenters. The highest BCUT2D eigenvalue weighted by molar-refractivity contribution is 7.89. The largest absolute Gasteiger partial charge is 0.465 e. The SMILES string of the molecule is COC(=O)c1ccc(CS(=O)(=O)Cc2cc(F)ccc2CN2C(=O)N(c3ccc(C#N)c(C(F)(F)F)c3)C(=O)C2(C)C)cc1. The summed E-state index contributed by atoms with van der Waals surface area (Å²) < 4.78 is 85.9. The summed E-state index contributed by atoms with van der Waals surface area (Å²) in [5, 5.41) is 9.09. The van der Waals surface area contributed by atoms with Crippen molar-refractivity contribution < 1.29 is 45.1 Å². The van der Waals surface area contributed by atoms with Crippen molar-refractivity contribution >= 4 is 33.4 Å². The van der Waals surface area contributed by atoms with E-state index in [2.05, 4.69) is 4.74 Å². The zero-order valence-corrected chi connectivity index (χ0v) is 24.4. The van der Waals surface area contributed by atoms with Gasteiger partial charge in [0, 0.05) is 6.54 Å². The van der Waals surface area contributed by atoms with Crippen molar-refractivity contribution in [3.05, 3.63) is 99.9 Å². The van der Waals surface area contributed by atoms with Crippen LogP contribution in [0.25, 0.3) is 0 Å². The molecule has 1 aliphatic heterocycles. The van der Waals surface area contributed by atoms with Crippen LogP contribution in [0.2, 0.25) is 0 Å². The molecule has 3 aromatic carbocycles. The molecular weight excluding hydrogens is 606 g/mol. The standard InChI is InChI=1S/C30H25F4N3O6S/c1-29(2)27(39)37(24-11-9-20(14-35)25(13-24)30(32,33)34)28(40)36(29)15-21-8-10-23(31)12-22(21)17-44(41,42)16-18-4-6-19(7-5-18)26(38)43-3/h4-13H,15-17H2,1-3H3. The molecule has 14 heteroatoms. The van der Waals surface area contributed by atoms with E-state index in [0.717, 1.165) is 29.2 Å². The van der Waals surface area contributed by atoms with Gasteiger partial charge in [-0.05, 0) is 73.0 Å². The number of alkyl halides is 3. The van der Waals surface area contributed by atoms with Crippen LogP contribution in [0.1, 0.15) is 52.0 Å². The van der Waals surface area contributed by atoms with Crippen molar-refractivity contribution in [3.8, 4) is 6.07 Å². The molecule has 9 nitrogen and oxygen atoms in total. The predicted octanol–water partition coefficient (Wildman–Crippen LogP) is 5.37. The number of methoxy groups -OCH3 is 1. The van der Waals surface area contributed by atoms with E-state index in [4.69, 9.17) is 5.26 Å². The number of esters is 1. The summed E-state index contributed by atoms with van der Waals surface area (Å²) in [5.41, 5.74) is -3.21. The number of rotatable bonds is 8. The van der Waals surface area contributed by atoms with Crippen LogP contribution in [0.15, 0.2) is 60.7 Å². The molecule has 4 rings (SSSR count). The number of amides is 3. The van der Waals surface area contributed by atoms with Crippen molar-refractivity contribution in [1.82, 2.24) is 4.90 Å². The van der Waals surface area contributed by atoms with Crippen molar-refractivity contribution in [2.75, 3.05) is 12.0 Å². The first-order valence-corrected chi connectivity index (χ1v) is 14.7. The lowest BCUT2D eigenvalue weighted by atomic mass is 10.0. The van der Waals surface area contributed by atoms with Crippen LogP contribution in [0.3, 0.4) is 0 Å². The lowest BCUT2D eigenvalue weighted by Gasteiger charge is -2.28. The Bertz CT molecular complexity index is 1800. The molecule has 1 saturated heterocycles. The van der Waals surface area contributed by atoms with Crippen LogP contribution in [-0.2, 0) is 43.6 Å². The highest BCUT2D eigenvalue weighted by Gasteiger charge is 2.52. The Labute approximate surface area is 250 Å². The Morgan fingerprint density at radius 1 is 0.977 bits per heavy atom. The van der Waals surface area contributed by atoms with Gasteiger partial charge in [0.05, 0.1) is 47.1 Å². The topological polar surface area (TPSA) is 125 Å². The number of nitrogens with zero attached hydrogens (tertiary/aromatic N) is 3. The first-order valence-electron chi connectivity index (χ1n) is 12.9. The van der Waals surface area contributed by atoms with Gasteiger partial charge in [-0.25, -0.2) is 27.3 Å². The van der Waals surface area contributed by atoms with Crippen LogP contribution >= 0.6 is 0 Å². The van der Waals surface area contributed by atoms with Gasteiger partial charge in [-0.3, -0.25) is 4.79 Å². The molecule has 0 radical (unpaired) electrons. The summed E-state index contributed by atoms with van der Waals surface area (Å²) in [4.78, 5) is 40.1. The summed E-state index contributed by atoms with van der Waals surface area (Å²) in [6.07, 6.45) is -4.93. The van der Waals surface area contributed by atoms with Crippen molar-refractivity contribution in [3.63, 3.8) is 0 Å². The number of ether oxygens (including phenoxy) is 1. The van der Waals surface area contributed by atoms with E-state index in [9.17, 15) is 40.4 Å². The molecule has 3 aromatic rings. The molecule has 1 aliphatic rings. The summed E-state index contributed by atoms with van der Waals surface area (Å²) in [6.45, 7) is 2.38. The van der Waals surface area contributed by atoms with Crippen LogP contribution < -0.4 is 4.90 Å².